The van der Waals surface area contributed by atoms with Crippen molar-refractivity contribution in [3.63, 3.8) is 0 Å². The number of nitrogens with zero attached hydrogens (tertiary/aromatic N) is 1. The van der Waals surface area contributed by atoms with E-state index < -0.39 is 5.60 Å². The Morgan fingerprint density at radius 2 is 2.22 bits per heavy atom. The fourth-order valence-corrected chi connectivity index (χ4v) is 2.07. The number of carbonyl (C=O) groups is 1. The summed E-state index contributed by atoms with van der Waals surface area (Å²) in [6, 6.07) is 0.393. The number of nitrogens with one attached hydrogen (secondary N) is 1. The Bertz CT molecular complexity index is 314. The highest BCUT2D eigenvalue weighted by Crippen LogP contribution is 2.15. The van der Waals surface area contributed by atoms with Gasteiger partial charge in [-0.3, -0.25) is 0 Å². The van der Waals surface area contributed by atoms with Crippen LogP contribution in [-0.2, 0) is 4.74 Å². The van der Waals surface area contributed by atoms with Crippen molar-refractivity contribution in [1.29, 1.82) is 0 Å². The second-order valence-electron chi connectivity index (χ2n) is 5.29. The number of hydrogen-bond donors (Lipinski definition) is 1. The van der Waals surface area contributed by atoms with Gasteiger partial charge in [-0.1, -0.05) is 5.92 Å². The van der Waals surface area contributed by atoms with Crippen molar-refractivity contribution >= 4 is 17.9 Å². The maximum absolute atomic E-state index is 11.7. The van der Waals surface area contributed by atoms with Crippen LogP contribution >= 0.6 is 11.8 Å². The highest BCUT2D eigenvalue weighted by Gasteiger charge is 2.32. The second kappa shape index (κ2) is 6.91. The summed E-state index contributed by atoms with van der Waals surface area (Å²) in [5.41, 5.74) is -0.415. The van der Waals surface area contributed by atoms with Crippen LogP contribution in [0.15, 0.2) is 0 Å². The van der Waals surface area contributed by atoms with Gasteiger partial charge in [0.15, 0.2) is 0 Å². The molecule has 102 valence electrons. The molecular formula is C13H22N2O2S. The third-order valence-corrected chi connectivity index (χ3v) is 3.26. The Hall–Kier alpha value is -0.860. The first kappa shape index (κ1) is 15.2. The predicted molar refractivity (Wildman–Crippen MR) is 75.8 cm³/mol. The van der Waals surface area contributed by atoms with Gasteiger partial charge in [0, 0.05) is 31.4 Å². The molecule has 0 saturated carbocycles. The van der Waals surface area contributed by atoms with E-state index in [1.54, 1.807) is 16.7 Å². The summed E-state index contributed by atoms with van der Waals surface area (Å²) in [6.45, 7) is 8.03. The molecule has 0 atom stereocenters. The maximum Gasteiger partial charge on any atom is 0.410 e. The molecule has 18 heavy (non-hydrogen) atoms. The fourth-order valence-electron chi connectivity index (χ4n) is 1.55. The van der Waals surface area contributed by atoms with Gasteiger partial charge in [0.1, 0.15) is 5.60 Å². The quantitative estimate of drug-likeness (QED) is 0.608. The van der Waals surface area contributed by atoms with E-state index in [1.807, 2.05) is 20.8 Å². The number of amides is 1. The molecule has 0 aromatic rings. The van der Waals surface area contributed by atoms with Crippen LogP contribution in [0, 0.1) is 12.3 Å². The van der Waals surface area contributed by atoms with Crippen molar-refractivity contribution in [2.45, 2.75) is 32.4 Å². The van der Waals surface area contributed by atoms with Crippen LogP contribution in [0.2, 0.25) is 0 Å². The number of thioether (sulfide) groups is 1. The molecule has 1 saturated heterocycles. The molecule has 1 heterocycles. The van der Waals surface area contributed by atoms with Gasteiger partial charge in [0.05, 0.1) is 5.75 Å². The summed E-state index contributed by atoms with van der Waals surface area (Å²) >= 11 is 1.74. The van der Waals surface area contributed by atoms with Crippen LogP contribution < -0.4 is 5.32 Å². The molecule has 5 heteroatoms. The molecule has 1 rings (SSSR count). The topological polar surface area (TPSA) is 41.6 Å². The number of carbonyl (C=O) groups excluding carboxylic acids is 1. The van der Waals surface area contributed by atoms with E-state index in [4.69, 9.17) is 11.2 Å². The molecule has 4 nitrogen and oxygen atoms in total. The minimum atomic E-state index is -0.415. The predicted octanol–water partition coefficient (Wildman–Crippen LogP) is 1.56. The first-order chi connectivity index (χ1) is 8.42. The van der Waals surface area contributed by atoms with Crippen molar-refractivity contribution in [3.8, 4) is 12.3 Å². The van der Waals surface area contributed by atoms with Crippen LogP contribution in [0.4, 0.5) is 4.79 Å². The smallest absolute Gasteiger partial charge is 0.410 e. The van der Waals surface area contributed by atoms with Crippen LogP contribution in [-0.4, -0.2) is 53.8 Å². The number of likely N-dealkylation sites (tertiary alicyclic amines) is 1. The molecule has 1 fully saturated rings. The Kier molecular flexibility index (Phi) is 5.83. The monoisotopic (exact) mass is 270 g/mol. The molecular weight excluding hydrogens is 248 g/mol. The third-order valence-electron chi connectivity index (χ3n) is 2.40. The van der Waals surface area contributed by atoms with Crippen LogP contribution in [0.3, 0.4) is 0 Å². The lowest BCUT2D eigenvalue weighted by molar-refractivity contribution is 0.00556. The summed E-state index contributed by atoms with van der Waals surface area (Å²) in [4.78, 5) is 13.4. The van der Waals surface area contributed by atoms with Gasteiger partial charge in [-0.15, -0.1) is 18.2 Å². The Morgan fingerprint density at radius 3 is 2.78 bits per heavy atom. The van der Waals surface area contributed by atoms with Gasteiger partial charge >= 0.3 is 6.09 Å². The highest BCUT2D eigenvalue weighted by molar-refractivity contribution is 7.99. The van der Waals surface area contributed by atoms with Crippen LogP contribution in [0.25, 0.3) is 0 Å². The highest BCUT2D eigenvalue weighted by atomic mass is 32.2. The molecule has 0 radical (unpaired) electrons. The Balaban J connectivity index is 2.06. The molecule has 0 spiro atoms. The summed E-state index contributed by atoms with van der Waals surface area (Å²) in [6.07, 6.45) is 4.94. The zero-order chi connectivity index (χ0) is 13.6. The normalized spacial score (nSPS) is 16.0. The number of hydrogen-bond acceptors (Lipinski definition) is 4. The Morgan fingerprint density at radius 1 is 1.56 bits per heavy atom. The molecule has 0 aliphatic carbocycles. The van der Waals surface area contributed by atoms with Gasteiger partial charge in [0.2, 0.25) is 0 Å². The average Bonchev–Trinajstić information content (AvgIpc) is 2.17. The molecule has 0 aromatic heterocycles. The van der Waals surface area contributed by atoms with E-state index in [2.05, 4.69) is 11.2 Å². The van der Waals surface area contributed by atoms with Crippen molar-refractivity contribution in [2.24, 2.45) is 0 Å². The standard InChI is InChI=1S/C13H22N2O2S/c1-5-7-18-8-6-14-11-9-15(10-11)12(16)17-13(2,3)4/h1,11,14H,6-10H2,2-4H3. The first-order valence-corrected chi connectivity index (χ1v) is 7.30. The average molecular weight is 270 g/mol. The van der Waals surface area contributed by atoms with Crippen LogP contribution in [0.1, 0.15) is 20.8 Å². The van der Waals surface area contributed by atoms with Gasteiger partial charge in [-0.2, -0.15) is 0 Å². The molecule has 1 amide bonds. The van der Waals surface area contributed by atoms with E-state index in [0.717, 1.165) is 31.1 Å². The lowest BCUT2D eigenvalue weighted by atomic mass is 10.1. The third kappa shape index (κ3) is 5.65. The van der Waals surface area contributed by atoms with E-state index in [9.17, 15) is 4.79 Å². The van der Waals surface area contributed by atoms with E-state index in [1.165, 1.54) is 0 Å². The van der Waals surface area contributed by atoms with Gasteiger partial charge in [-0.25, -0.2) is 4.79 Å². The van der Waals surface area contributed by atoms with Crippen molar-refractivity contribution in [2.75, 3.05) is 31.1 Å². The zero-order valence-corrected chi connectivity index (χ0v) is 12.2. The zero-order valence-electron chi connectivity index (χ0n) is 11.4. The van der Waals surface area contributed by atoms with E-state index in [0.29, 0.717) is 6.04 Å². The number of rotatable bonds is 5. The SMILES string of the molecule is C#CCSCCNC1CN(C(=O)OC(C)(C)C)C1. The number of terminal acetylenes is 1. The molecule has 0 aromatic carbocycles. The fraction of sp³-hybridized carbons (Fsp3) is 0.769. The number of ether oxygens (including phenoxy) is 1. The minimum Gasteiger partial charge on any atom is -0.444 e. The van der Waals surface area contributed by atoms with Gasteiger partial charge in [0.25, 0.3) is 0 Å². The Labute approximate surface area is 114 Å². The van der Waals surface area contributed by atoms with Crippen molar-refractivity contribution < 1.29 is 9.53 Å². The van der Waals surface area contributed by atoms with Gasteiger partial charge in [-0.05, 0) is 20.8 Å². The second-order valence-corrected chi connectivity index (χ2v) is 6.40. The van der Waals surface area contributed by atoms with Gasteiger partial charge < -0.3 is 15.0 Å². The summed E-state index contributed by atoms with van der Waals surface area (Å²) in [5.74, 6) is 4.36. The lowest BCUT2D eigenvalue weighted by Gasteiger charge is -2.40. The van der Waals surface area contributed by atoms with Crippen molar-refractivity contribution in [1.82, 2.24) is 10.2 Å². The largest absolute Gasteiger partial charge is 0.444 e. The molecule has 1 N–H and O–H groups in total. The van der Waals surface area contributed by atoms with Crippen LogP contribution in [0.5, 0.6) is 0 Å². The molecule has 0 unspecified atom stereocenters. The lowest BCUT2D eigenvalue weighted by Crippen LogP contribution is -2.60. The molecule has 1 aliphatic heterocycles. The molecule has 1 aliphatic rings. The summed E-state index contributed by atoms with van der Waals surface area (Å²) < 4.78 is 5.28. The molecule has 0 bridgehead atoms. The summed E-state index contributed by atoms with van der Waals surface area (Å²) in [5, 5.41) is 3.39. The van der Waals surface area contributed by atoms with Crippen molar-refractivity contribution in [3.05, 3.63) is 0 Å². The summed E-state index contributed by atoms with van der Waals surface area (Å²) in [7, 11) is 0. The van der Waals surface area contributed by atoms with E-state index >= 15 is 0 Å². The maximum atomic E-state index is 11.7. The van der Waals surface area contributed by atoms with E-state index in [-0.39, 0.29) is 6.09 Å². The minimum absolute atomic E-state index is 0.220. The first-order valence-electron chi connectivity index (χ1n) is 6.15.